The standard InChI is InChI=1S/C21H28O5/c22-19(23)16-12-7-5-3-1-2-4-6-8-13-17-20(24)26-21(25)18-14-10-9-11-15-18/h9-12,14-16H,1-8,13,17H2,(H,22,23)/b16-12+. The average molecular weight is 360 g/mol. The number of benzene rings is 1. The van der Waals surface area contributed by atoms with Crippen molar-refractivity contribution >= 4 is 17.9 Å². The molecule has 1 aromatic carbocycles. The molecule has 0 amide bonds. The largest absolute Gasteiger partial charge is 0.478 e. The summed E-state index contributed by atoms with van der Waals surface area (Å²) in [6.45, 7) is 0. The molecule has 0 spiro atoms. The number of carbonyl (C=O) groups excluding carboxylic acids is 2. The molecular weight excluding hydrogens is 332 g/mol. The third kappa shape index (κ3) is 11.2. The smallest absolute Gasteiger partial charge is 0.345 e. The van der Waals surface area contributed by atoms with Gasteiger partial charge in [0.25, 0.3) is 0 Å². The maximum atomic E-state index is 11.7. The number of aliphatic carboxylic acids is 1. The summed E-state index contributed by atoms with van der Waals surface area (Å²) in [4.78, 5) is 33.6. The highest BCUT2D eigenvalue weighted by Gasteiger charge is 2.11. The number of hydrogen-bond acceptors (Lipinski definition) is 4. The van der Waals surface area contributed by atoms with Gasteiger partial charge in [-0.05, 0) is 31.4 Å². The molecule has 0 aromatic heterocycles. The number of carboxylic acid groups (broad SMARTS) is 1. The third-order valence-corrected chi connectivity index (χ3v) is 3.98. The van der Waals surface area contributed by atoms with E-state index >= 15 is 0 Å². The van der Waals surface area contributed by atoms with Crippen LogP contribution >= 0.6 is 0 Å². The Morgan fingerprint density at radius 3 is 2.04 bits per heavy atom. The normalized spacial score (nSPS) is 10.8. The van der Waals surface area contributed by atoms with Crippen molar-refractivity contribution in [1.29, 1.82) is 0 Å². The van der Waals surface area contributed by atoms with Gasteiger partial charge >= 0.3 is 17.9 Å². The first-order valence-corrected chi connectivity index (χ1v) is 9.29. The Labute approximate surface area is 155 Å². The molecule has 0 aliphatic carbocycles. The van der Waals surface area contributed by atoms with E-state index in [-0.39, 0.29) is 6.42 Å². The average Bonchev–Trinajstić information content (AvgIpc) is 2.63. The predicted molar refractivity (Wildman–Crippen MR) is 99.8 cm³/mol. The molecule has 1 rings (SSSR count). The number of unbranched alkanes of at least 4 members (excludes halogenated alkanes) is 8. The van der Waals surface area contributed by atoms with Crippen LogP contribution < -0.4 is 0 Å². The van der Waals surface area contributed by atoms with Gasteiger partial charge in [-0.2, -0.15) is 0 Å². The second-order valence-electron chi connectivity index (χ2n) is 6.24. The van der Waals surface area contributed by atoms with Crippen LogP contribution in [0.25, 0.3) is 0 Å². The highest BCUT2D eigenvalue weighted by molar-refractivity contribution is 5.96. The number of hydrogen-bond donors (Lipinski definition) is 1. The van der Waals surface area contributed by atoms with E-state index in [2.05, 4.69) is 0 Å². The summed E-state index contributed by atoms with van der Waals surface area (Å²) in [6.07, 6.45) is 12.3. The lowest BCUT2D eigenvalue weighted by molar-refractivity contribution is -0.138. The molecule has 5 nitrogen and oxygen atoms in total. The molecule has 142 valence electrons. The fraction of sp³-hybridized carbons (Fsp3) is 0.476. The molecule has 0 aliphatic heterocycles. The maximum Gasteiger partial charge on any atom is 0.345 e. The van der Waals surface area contributed by atoms with Gasteiger partial charge in [0.2, 0.25) is 0 Å². The Kier molecular flexibility index (Phi) is 11.5. The molecular formula is C21H28O5. The number of ether oxygens (including phenoxy) is 1. The molecule has 0 bridgehead atoms. The number of carboxylic acids is 1. The minimum atomic E-state index is -0.890. The zero-order valence-corrected chi connectivity index (χ0v) is 15.2. The second kappa shape index (κ2) is 13.8. The first kappa shape index (κ1) is 21.6. The fourth-order valence-corrected chi connectivity index (χ4v) is 2.56. The molecule has 26 heavy (non-hydrogen) atoms. The van der Waals surface area contributed by atoms with Gasteiger partial charge in [0.15, 0.2) is 0 Å². The van der Waals surface area contributed by atoms with E-state index in [0.29, 0.717) is 5.56 Å². The SMILES string of the molecule is O=C(O)/C=C/CCCCCCCCCCC(=O)OC(=O)c1ccccc1. The van der Waals surface area contributed by atoms with Crippen molar-refractivity contribution in [3.8, 4) is 0 Å². The molecule has 0 unspecified atom stereocenters. The third-order valence-electron chi connectivity index (χ3n) is 3.98. The quantitative estimate of drug-likeness (QED) is 0.234. The highest BCUT2D eigenvalue weighted by Crippen LogP contribution is 2.11. The Morgan fingerprint density at radius 1 is 0.846 bits per heavy atom. The molecule has 0 radical (unpaired) electrons. The Hall–Kier alpha value is -2.43. The molecule has 0 fully saturated rings. The second-order valence-corrected chi connectivity index (χ2v) is 6.24. The van der Waals surface area contributed by atoms with Crippen LogP contribution in [0.4, 0.5) is 0 Å². The van der Waals surface area contributed by atoms with Crippen LogP contribution in [0.15, 0.2) is 42.5 Å². The predicted octanol–water partition coefficient (Wildman–Crippen LogP) is 4.91. The monoisotopic (exact) mass is 360 g/mol. The Balaban J connectivity index is 1.93. The summed E-state index contributed by atoms with van der Waals surface area (Å²) in [5.41, 5.74) is 0.388. The minimum Gasteiger partial charge on any atom is -0.478 e. The van der Waals surface area contributed by atoms with Crippen molar-refractivity contribution in [2.45, 2.75) is 64.2 Å². The molecule has 1 N–H and O–H groups in total. The van der Waals surface area contributed by atoms with Gasteiger partial charge < -0.3 is 9.84 Å². The summed E-state index contributed by atoms with van der Waals surface area (Å²) in [5.74, 6) is -1.94. The highest BCUT2D eigenvalue weighted by atomic mass is 16.6. The molecule has 5 heteroatoms. The van der Waals surface area contributed by atoms with Crippen molar-refractivity contribution in [1.82, 2.24) is 0 Å². The van der Waals surface area contributed by atoms with E-state index in [1.54, 1.807) is 36.4 Å². The van der Waals surface area contributed by atoms with Gasteiger partial charge in [-0.15, -0.1) is 0 Å². The first-order valence-electron chi connectivity index (χ1n) is 9.29. The van der Waals surface area contributed by atoms with Crippen LogP contribution in [0.1, 0.15) is 74.6 Å². The molecule has 0 heterocycles. The Bertz CT molecular complexity index is 577. The van der Waals surface area contributed by atoms with Gasteiger partial charge in [0, 0.05) is 12.5 Å². The van der Waals surface area contributed by atoms with Crippen LogP contribution in [0.2, 0.25) is 0 Å². The minimum absolute atomic E-state index is 0.272. The topological polar surface area (TPSA) is 80.7 Å². The van der Waals surface area contributed by atoms with E-state index < -0.39 is 17.9 Å². The van der Waals surface area contributed by atoms with Crippen molar-refractivity contribution in [2.24, 2.45) is 0 Å². The lowest BCUT2D eigenvalue weighted by Crippen LogP contribution is -2.12. The van der Waals surface area contributed by atoms with Gasteiger partial charge in [-0.3, -0.25) is 4.79 Å². The van der Waals surface area contributed by atoms with Crippen molar-refractivity contribution < 1.29 is 24.2 Å². The van der Waals surface area contributed by atoms with Crippen LogP contribution in [0.3, 0.4) is 0 Å². The van der Waals surface area contributed by atoms with Gasteiger partial charge in [-0.1, -0.05) is 62.8 Å². The van der Waals surface area contributed by atoms with E-state index in [1.807, 2.05) is 0 Å². The van der Waals surface area contributed by atoms with Crippen molar-refractivity contribution in [3.63, 3.8) is 0 Å². The molecule has 0 atom stereocenters. The summed E-state index contributed by atoms with van der Waals surface area (Å²) in [5, 5.41) is 8.45. The lowest BCUT2D eigenvalue weighted by atomic mass is 10.1. The summed E-state index contributed by atoms with van der Waals surface area (Å²) in [7, 11) is 0. The molecule has 0 saturated heterocycles. The number of carbonyl (C=O) groups is 3. The molecule has 1 aromatic rings. The number of allylic oxidation sites excluding steroid dienone is 1. The van der Waals surface area contributed by atoms with Crippen molar-refractivity contribution in [3.05, 3.63) is 48.0 Å². The summed E-state index contributed by atoms with van der Waals surface area (Å²) < 4.78 is 4.82. The maximum absolute atomic E-state index is 11.7. The fourth-order valence-electron chi connectivity index (χ4n) is 2.56. The van der Waals surface area contributed by atoms with E-state index in [9.17, 15) is 14.4 Å². The lowest BCUT2D eigenvalue weighted by Gasteiger charge is -2.04. The number of esters is 2. The van der Waals surface area contributed by atoms with Crippen LogP contribution in [-0.4, -0.2) is 23.0 Å². The van der Waals surface area contributed by atoms with Crippen LogP contribution in [0, 0.1) is 0 Å². The first-order chi connectivity index (χ1) is 12.6. The van der Waals surface area contributed by atoms with E-state index in [1.165, 1.54) is 6.08 Å². The van der Waals surface area contributed by atoms with Crippen LogP contribution in [-0.2, 0) is 14.3 Å². The Morgan fingerprint density at radius 2 is 1.42 bits per heavy atom. The van der Waals surface area contributed by atoms with E-state index in [4.69, 9.17) is 9.84 Å². The van der Waals surface area contributed by atoms with Gasteiger partial charge in [0.05, 0.1) is 5.56 Å². The van der Waals surface area contributed by atoms with Crippen molar-refractivity contribution in [2.75, 3.05) is 0 Å². The van der Waals surface area contributed by atoms with E-state index in [0.717, 1.165) is 57.8 Å². The number of rotatable bonds is 13. The zero-order valence-electron chi connectivity index (χ0n) is 15.2. The van der Waals surface area contributed by atoms with Gasteiger partial charge in [-0.25, -0.2) is 9.59 Å². The molecule has 0 saturated carbocycles. The molecule has 0 aliphatic rings. The van der Waals surface area contributed by atoms with Gasteiger partial charge in [0.1, 0.15) is 0 Å². The zero-order chi connectivity index (χ0) is 19.0. The van der Waals surface area contributed by atoms with Crippen LogP contribution in [0.5, 0.6) is 0 Å². The summed E-state index contributed by atoms with van der Waals surface area (Å²) >= 11 is 0. The summed E-state index contributed by atoms with van der Waals surface area (Å²) in [6, 6.07) is 8.51.